The molecule has 0 saturated carbocycles. The lowest BCUT2D eigenvalue weighted by molar-refractivity contribution is 0.474. The first-order chi connectivity index (χ1) is 14.0. The highest BCUT2D eigenvalue weighted by molar-refractivity contribution is 6.35. The molecule has 0 radical (unpaired) electrons. The molecule has 4 rings (SSSR count). The summed E-state index contributed by atoms with van der Waals surface area (Å²) in [7, 11) is 0. The van der Waals surface area contributed by atoms with Gasteiger partial charge in [-0.05, 0) is 66.1 Å². The lowest BCUT2D eigenvalue weighted by atomic mass is 9.75. The number of phenolic OH excluding ortho intramolecular Hbond substituents is 2. The molecule has 1 aliphatic rings. The van der Waals surface area contributed by atoms with E-state index in [0.717, 1.165) is 28.0 Å². The average molecular weight is 425 g/mol. The first kappa shape index (κ1) is 19.5. The molecular formula is C23H18Cl2N2O2. The summed E-state index contributed by atoms with van der Waals surface area (Å²) in [5, 5.41) is 29.8. The second-order valence-electron chi connectivity index (χ2n) is 6.81. The van der Waals surface area contributed by atoms with Crippen LogP contribution in [0.25, 0.3) is 5.70 Å². The maximum atomic E-state index is 9.79. The van der Waals surface area contributed by atoms with Gasteiger partial charge in [-0.1, -0.05) is 48.3 Å². The van der Waals surface area contributed by atoms with Crippen molar-refractivity contribution in [2.24, 2.45) is 10.2 Å². The molecule has 0 amide bonds. The van der Waals surface area contributed by atoms with Crippen LogP contribution in [0.1, 0.15) is 30.0 Å². The van der Waals surface area contributed by atoms with Crippen LogP contribution in [0.15, 0.2) is 82.5 Å². The Kier molecular flexibility index (Phi) is 5.07. The molecule has 146 valence electrons. The number of halogens is 2. The van der Waals surface area contributed by atoms with Gasteiger partial charge in [-0.15, -0.1) is 0 Å². The summed E-state index contributed by atoms with van der Waals surface area (Å²) >= 11 is 12.8. The van der Waals surface area contributed by atoms with E-state index in [1.165, 1.54) is 0 Å². The summed E-state index contributed by atoms with van der Waals surface area (Å²) in [4.78, 5) is 0. The number of nitrogens with zero attached hydrogens (tertiary/aromatic N) is 2. The predicted octanol–water partition coefficient (Wildman–Crippen LogP) is 6.94. The highest BCUT2D eigenvalue weighted by atomic mass is 35.5. The van der Waals surface area contributed by atoms with Crippen molar-refractivity contribution >= 4 is 28.9 Å². The number of phenols is 2. The maximum Gasteiger partial charge on any atom is 0.157 e. The fourth-order valence-electron chi connectivity index (χ4n) is 3.78. The van der Waals surface area contributed by atoms with Crippen LogP contribution >= 0.6 is 23.2 Å². The first-order valence-corrected chi connectivity index (χ1v) is 9.92. The molecular weight excluding hydrogens is 407 g/mol. The molecule has 0 bridgehead atoms. The number of azo groups is 1. The van der Waals surface area contributed by atoms with E-state index in [-0.39, 0.29) is 11.5 Å². The van der Waals surface area contributed by atoms with Crippen LogP contribution in [0.3, 0.4) is 0 Å². The number of benzene rings is 3. The summed E-state index contributed by atoms with van der Waals surface area (Å²) in [6.07, 6.45) is 0.670. The van der Waals surface area contributed by atoms with Crippen molar-refractivity contribution in [3.05, 3.63) is 99.0 Å². The van der Waals surface area contributed by atoms with E-state index in [4.69, 9.17) is 28.3 Å². The van der Waals surface area contributed by atoms with Gasteiger partial charge in [0, 0.05) is 21.2 Å². The fraction of sp³-hybridized carbons (Fsp3) is 0.130. The molecule has 0 aromatic heterocycles. The van der Waals surface area contributed by atoms with Gasteiger partial charge >= 0.3 is 0 Å². The van der Waals surface area contributed by atoms with Gasteiger partial charge in [-0.25, -0.2) is 0 Å². The Bertz CT molecular complexity index is 1120. The Morgan fingerprint density at radius 1 is 0.862 bits per heavy atom. The molecule has 0 saturated heterocycles. The number of hydrogen-bond acceptors (Lipinski definition) is 4. The van der Waals surface area contributed by atoms with Crippen molar-refractivity contribution in [2.45, 2.75) is 18.9 Å². The number of hydrogen-bond donors (Lipinski definition) is 2. The highest BCUT2D eigenvalue weighted by Crippen LogP contribution is 2.52. The maximum absolute atomic E-state index is 9.79. The smallest absolute Gasteiger partial charge is 0.157 e. The van der Waals surface area contributed by atoms with Gasteiger partial charge in [-0.3, -0.25) is 0 Å². The molecule has 1 aliphatic heterocycles. The fourth-order valence-corrected chi connectivity index (χ4v) is 4.33. The Balaban J connectivity index is 2.02. The topological polar surface area (TPSA) is 65.2 Å². The van der Waals surface area contributed by atoms with Crippen molar-refractivity contribution in [1.29, 1.82) is 0 Å². The van der Waals surface area contributed by atoms with E-state index < -0.39 is 5.54 Å². The van der Waals surface area contributed by atoms with Crippen LogP contribution in [0.2, 0.25) is 10.0 Å². The summed E-state index contributed by atoms with van der Waals surface area (Å²) < 4.78 is 0. The first-order valence-electron chi connectivity index (χ1n) is 9.16. The molecule has 1 heterocycles. The lowest BCUT2D eigenvalue weighted by Crippen LogP contribution is -2.26. The largest absolute Gasteiger partial charge is 0.508 e. The van der Waals surface area contributed by atoms with Gasteiger partial charge in [0.2, 0.25) is 0 Å². The second-order valence-corrected chi connectivity index (χ2v) is 7.65. The molecule has 0 fully saturated rings. The van der Waals surface area contributed by atoms with E-state index in [9.17, 15) is 10.2 Å². The molecule has 3 aromatic carbocycles. The van der Waals surface area contributed by atoms with E-state index in [2.05, 4.69) is 5.11 Å². The minimum atomic E-state index is -0.933. The minimum absolute atomic E-state index is 0.168. The Hall–Kier alpha value is -2.82. The average Bonchev–Trinajstić information content (AvgIpc) is 3.09. The third-order valence-electron chi connectivity index (χ3n) is 5.12. The lowest BCUT2D eigenvalue weighted by Gasteiger charge is -2.30. The Labute approximate surface area is 178 Å². The SMILES string of the molecule is CCC1=C(c2ccc(O)cc2)N=NC1(c1ccc(O)cc1)c1ccc(Cl)cc1Cl. The molecule has 0 aliphatic carbocycles. The zero-order valence-electron chi connectivity index (χ0n) is 15.6. The summed E-state index contributed by atoms with van der Waals surface area (Å²) in [6, 6.07) is 19.1. The number of aromatic hydroxyl groups is 2. The monoisotopic (exact) mass is 424 g/mol. The quantitative estimate of drug-likeness (QED) is 0.476. The highest BCUT2D eigenvalue weighted by Gasteiger charge is 2.44. The van der Waals surface area contributed by atoms with Crippen molar-refractivity contribution < 1.29 is 10.2 Å². The minimum Gasteiger partial charge on any atom is -0.508 e. The summed E-state index contributed by atoms with van der Waals surface area (Å²) in [5.74, 6) is 0.356. The van der Waals surface area contributed by atoms with E-state index in [0.29, 0.717) is 16.5 Å². The van der Waals surface area contributed by atoms with E-state index in [1.807, 2.05) is 37.3 Å². The molecule has 0 spiro atoms. The molecule has 29 heavy (non-hydrogen) atoms. The van der Waals surface area contributed by atoms with Crippen LogP contribution in [0, 0.1) is 0 Å². The summed E-state index contributed by atoms with van der Waals surface area (Å²) in [6.45, 7) is 2.05. The molecule has 6 heteroatoms. The van der Waals surface area contributed by atoms with Crippen LogP contribution in [0.5, 0.6) is 11.5 Å². The van der Waals surface area contributed by atoms with Gasteiger partial charge in [0.25, 0.3) is 0 Å². The van der Waals surface area contributed by atoms with Crippen LogP contribution < -0.4 is 0 Å². The molecule has 1 atom stereocenters. The second kappa shape index (κ2) is 7.54. The van der Waals surface area contributed by atoms with Crippen LogP contribution in [-0.2, 0) is 5.54 Å². The van der Waals surface area contributed by atoms with Gasteiger partial charge in [0.1, 0.15) is 11.5 Å². The summed E-state index contributed by atoms with van der Waals surface area (Å²) in [5.41, 5.74) is 3.24. The van der Waals surface area contributed by atoms with Crippen molar-refractivity contribution in [2.75, 3.05) is 0 Å². The van der Waals surface area contributed by atoms with Crippen molar-refractivity contribution in [3.8, 4) is 11.5 Å². The molecule has 4 nitrogen and oxygen atoms in total. The van der Waals surface area contributed by atoms with E-state index in [1.54, 1.807) is 36.4 Å². The normalized spacial score (nSPS) is 18.4. The standard InChI is InChI=1S/C23H18Cl2N2O2/c1-2-19-22(14-3-8-17(28)9-4-14)26-27-23(19,15-5-10-18(29)11-6-15)20-12-7-16(24)13-21(20)25/h3-13,28-29H,2H2,1H3. The van der Waals surface area contributed by atoms with Crippen molar-refractivity contribution in [1.82, 2.24) is 0 Å². The predicted molar refractivity (Wildman–Crippen MR) is 116 cm³/mol. The molecule has 2 N–H and O–H groups in total. The Morgan fingerprint density at radius 3 is 2.07 bits per heavy atom. The zero-order chi connectivity index (χ0) is 20.6. The van der Waals surface area contributed by atoms with Gasteiger partial charge < -0.3 is 10.2 Å². The Morgan fingerprint density at radius 2 is 1.48 bits per heavy atom. The molecule has 1 unspecified atom stereocenters. The van der Waals surface area contributed by atoms with Gasteiger partial charge in [0.15, 0.2) is 5.54 Å². The van der Waals surface area contributed by atoms with Gasteiger partial charge in [0.05, 0.1) is 5.70 Å². The molecule has 3 aromatic rings. The van der Waals surface area contributed by atoms with Gasteiger partial charge in [-0.2, -0.15) is 10.2 Å². The van der Waals surface area contributed by atoms with E-state index >= 15 is 0 Å². The van der Waals surface area contributed by atoms with Crippen LogP contribution in [-0.4, -0.2) is 10.2 Å². The third-order valence-corrected chi connectivity index (χ3v) is 5.67. The van der Waals surface area contributed by atoms with Crippen molar-refractivity contribution in [3.63, 3.8) is 0 Å². The number of rotatable bonds is 4. The van der Waals surface area contributed by atoms with Crippen LogP contribution in [0.4, 0.5) is 0 Å². The third kappa shape index (κ3) is 3.28. The zero-order valence-corrected chi connectivity index (χ0v) is 17.1.